The molecule has 3 rings (SSSR count). The molecule has 0 aromatic heterocycles. The highest BCUT2D eigenvalue weighted by molar-refractivity contribution is 7.89. The third-order valence-corrected chi connectivity index (χ3v) is 8.68. The Balaban J connectivity index is 1.96. The van der Waals surface area contributed by atoms with Crippen molar-refractivity contribution in [1.82, 2.24) is 4.31 Å². The minimum absolute atomic E-state index is 0.286. The predicted octanol–water partition coefficient (Wildman–Crippen LogP) is 4.21. The zero-order valence-corrected chi connectivity index (χ0v) is 18.2. The van der Waals surface area contributed by atoms with E-state index in [1.165, 1.54) is 4.31 Å². The number of hydrogen-bond acceptors (Lipinski definition) is 3. The first-order valence-corrected chi connectivity index (χ1v) is 12.2. The number of nitrogens with zero attached hydrogens (tertiary/aromatic N) is 1. The Bertz CT molecular complexity index is 964. The molecule has 6 heteroatoms. The predicted molar refractivity (Wildman–Crippen MR) is 114 cm³/mol. The number of sulfonamides is 1. The van der Waals surface area contributed by atoms with Gasteiger partial charge < -0.3 is 0 Å². The molecule has 0 spiro atoms. The minimum atomic E-state index is -3.66. The molecule has 0 N–H and O–H groups in total. The fourth-order valence-electron chi connectivity index (χ4n) is 3.50. The fourth-order valence-corrected chi connectivity index (χ4v) is 6.74. The lowest BCUT2D eigenvalue weighted by Crippen LogP contribution is -2.50. The maximum Gasteiger partial charge on any atom is 0.243 e. The van der Waals surface area contributed by atoms with Crippen molar-refractivity contribution >= 4 is 20.8 Å². The largest absolute Gasteiger partial charge is 0.254 e. The standard InChI is InChI=1S/C22H27NO3S2/c1-4-6-21-22(27(24)19-12-8-17(2)9-13-19)7-5-16-23(21)28(25,26)20-14-10-18(3)11-15-20/h5,7-15,21-22H,4,6,16H2,1-3H3/t21-,22+,27-/m0/s1. The fraction of sp³-hybridized carbons (Fsp3) is 0.364. The molecule has 1 heterocycles. The van der Waals surface area contributed by atoms with E-state index in [1.807, 2.05) is 69.3 Å². The summed E-state index contributed by atoms with van der Waals surface area (Å²) in [5, 5.41) is -0.364. The van der Waals surface area contributed by atoms with Crippen molar-refractivity contribution in [2.75, 3.05) is 6.54 Å². The van der Waals surface area contributed by atoms with E-state index in [4.69, 9.17) is 0 Å². The van der Waals surface area contributed by atoms with Crippen molar-refractivity contribution in [3.63, 3.8) is 0 Å². The number of aryl methyl sites for hydroxylation is 2. The summed E-state index contributed by atoms with van der Waals surface area (Å²) < 4.78 is 41.5. The van der Waals surface area contributed by atoms with Gasteiger partial charge in [0.05, 0.1) is 20.9 Å². The highest BCUT2D eigenvalue weighted by Crippen LogP contribution is 2.30. The summed E-state index contributed by atoms with van der Waals surface area (Å²) in [6.07, 6.45) is 5.24. The van der Waals surface area contributed by atoms with Gasteiger partial charge in [-0.1, -0.05) is 60.9 Å². The Labute approximate surface area is 170 Å². The molecule has 150 valence electrons. The molecule has 28 heavy (non-hydrogen) atoms. The molecule has 2 aromatic rings. The lowest BCUT2D eigenvalue weighted by Gasteiger charge is -2.37. The van der Waals surface area contributed by atoms with Crippen molar-refractivity contribution in [3.8, 4) is 0 Å². The Morgan fingerprint density at radius 3 is 2.14 bits per heavy atom. The van der Waals surface area contributed by atoms with Crippen molar-refractivity contribution < 1.29 is 12.6 Å². The van der Waals surface area contributed by atoms with Crippen LogP contribution in [0.15, 0.2) is 70.5 Å². The van der Waals surface area contributed by atoms with Crippen molar-refractivity contribution in [2.45, 2.75) is 54.7 Å². The maximum atomic E-state index is 13.3. The van der Waals surface area contributed by atoms with Crippen LogP contribution in [0.2, 0.25) is 0 Å². The molecule has 0 saturated heterocycles. The van der Waals surface area contributed by atoms with Gasteiger partial charge in [0.1, 0.15) is 0 Å². The molecule has 0 unspecified atom stereocenters. The van der Waals surface area contributed by atoms with Crippen LogP contribution in [0.3, 0.4) is 0 Å². The molecule has 0 saturated carbocycles. The van der Waals surface area contributed by atoms with Crippen LogP contribution in [0.1, 0.15) is 30.9 Å². The SMILES string of the molecule is CCC[C@H]1[C@H]([S@@](=O)c2ccc(C)cc2)C=CCN1S(=O)(=O)c1ccc(C)cc1. The Morgan fingerprint density at radius 1 is 1.00 bits per heavy atom. The third kappa shape index (κ3) is 4.29. The van der Waals surface area contributed by atoms with E-state index in [0.717, 1.165) is 22.4 Å². The number of benzene rings is 2. The molecule has 0 bridgehead atoms. The van der Waals surface area contributed by atoms with E-state index in [-0.39, 0.29) is 16.2 Å². The first-order valence-electron chi connectivity index (χ1n) is 9.57. The van der Waals surface area contributed by atoms with E-state index in [9.17, 15) is 12.6 Å². The third-order valence-electron chi connectivity index (χ3n) is 5.07. The Morgan fingerprint density at radius 2 is 1.57 bits per heavy atom. The smallest absolute Gasteiger partial charge is 0.243 e. The van der Waals surface area contributed by atoms with Crippen LogP contribution in [0.4, 0.5) is 0 Å². The van der Waals surface area contributed by atoms with E-state index >= 15 is 0 Å². The molecule has 0 radical (unpaired) electrons. The van der Waals surface area contributed by atoms with Crippen LogP contribution in [-0.2, 0) is 20.8 Å². The van der Waals surface area contributed by atoms with Crippen LogP contribution < -0.4 is 0 Å². The minimum Gasteiger partial charge on any atom is -0.254 e. The van der Waals surface area contributed by atoms with Crippen LogP contribution >= 0.6 is 0 Å². The Hall–Kier alpha value is -1.76. The van der Waals surface area contributed by atoms with E-state index in [0.29, 0.717) is 13.0 Å². The second-order valence-corrected chi connectivity index (χ2v) is 10.7. The van der Waals surface area contributed by atoms with Crippen molar-refractivity contribution in [3.05, 3.63) is 71.8 Å². The van der Waals surface area contributed by atoms with Gasteiger partial charge in [0.25, 0.3) is 0 Å². The van der Waals surface area contributed by atoms with Gasteiger partial charge in [-0.25, -0.2) is 8.42 Å². The zero-order chi connectivity index (χ0) is 20.3. The molecule has 4 nitrogen and oxygen atoms in total. The van der Waals surface area contributed by atoms with Gasteiger partial charge in [0.2, 0.25) is 10.0 Å². The summed E-state index contributed by atoms with van der Waals surface area (Å²) in [5.41, 5.74) is 2.12. The normalized spacial score (nSPS) is 21.5. The lowest BCUT2D eigenvalue weighted by atomic mass is 10.1. The van der Waals surface area contributed by atoms with E-state index in [1.54, 1.807) is 12.1 Å². The molecular formula is C22H27NO3S2. The van der Waals surface area contributed by atoms with Crippen LogP contribution in [-0.4, -0.2) is 34.8 Å². The summed E-state index contributed by atoms with van der Waals surface area (Å²) in [6.45, 7) is 6.26. The van der Waals surface area contributed by atoms with Gasteiger partial charge in [-0.15, -0.1) is 0 Å². The first-order chi connectivity index (χ1) is 13.3. The molecule has 0 fully saturated rings. The maximum absolute atomic E-state index is 13.3. The molecular weight excluding hydrogens is 390 g/mol. The zero-order valence-electron chi connectivity index (χ0n) is 16.5. The van der Waals surface area contributed by atoms with E-state index < -0.39 is 20.8 Å². The molecule has 3 atom stereocenters. The summed E-state index contributed by atoms with van der Waals surface area (Å²) in [6, 6.07) is 14.2. The van der Waals surface area contributed by atoms with Crippen molar-refractivity contribution in [1.29, 1.82) is 0 Å². The summed E-state index contributed by atoms with van der Waals surface area (Å²) in [5.74, 6) is 0. The van der Waals surface area contributed by atoms with Crippen LogP contribution in [0.25, 0.3) is 0 Å². The van der Waals surface area contributed by atoms with Gasteiger partial charge in [0, 0.05) is 17.5 Å². The van der Waals surface area contributed by atoms with E-state index in [2.05, 4.69) is 0 Å². The molecule has 1 aliphatic rings. The first kappa shape index (κ1) is 21.0. The Kier molecular flexibility index (Phi) is 6.53. The van der Waals surface area contributed by atoms with Gasteiger partial charge in [-0.2, -0.15) is 4.31 Å². The monoisotopic (exact) mass is 417 g/mol. The highest BCUT2D eigenvalue weighted by atomic mass is 32.2. The highest BCUT2D eigenvalue weighted by Gasteiger charge is 2.39. The quantitative estimate of drug-likeness (QED) is 0.662. The van der Waals surface area contributed by atoms with Gasteiger partial charge >= 0.3 is 0 Å². The van der Waals surface area contributed by atoms with Crippen LogP contribution in [0.5, 0.6) is 0 Å². The number of hydrogen-bond donors (Lipinski definition) is 0. The molecule has 2 aromatic carbocycles. The lowest BCUT2D eigenvalue weighted by molar-refractivity contribution is 0.317. The topological polar surface area (TPSA) is 54.5 Å². The number of rotatable bonds is 6. The van der Waals surface area contributed by atoms with Gasteiger partial charge in [-0.3, -0.25) is 4.21 Å². The second-order valence-electron chi connectivity index (χ2n) is 7.25. The van der Waals surface area contributed by atoms with Gasteiger partial charge in [-0.05, 0) is 44.5 Å². The second kappa shape index (κ2) is 8.72. The molecule has 0 amide bonds. The molecule has 1 aliphatic heterocycles. The van der Waals surface area contributed by atoms with Gasteiger partial charge in [0.15, 0.2) is 0 Å². The summed E-state index contributed by atoms with van der Waals surface area (Å²) in [7, 11) is -4.98. The van der Waals surface area contributed by atoms with Crippen molar-refractivity contribution in [2.24, 2.45) is 0 Å². The average molecular weight is 418 g/mol. The van der Waals surface area contributed by atoms with Crippen LogP contribution in [0, 0.1) is 13.8 Å². The summed E-state index contributed by atoms with van der Waals surface area (Å²) in [4.78, 5) is 1.02. The average Bonchev–Trinajstić information content (AvgIpc) is 2.68. The summed E-state index contributed by atoms with van der Waals surface area (Å²) >= 11 is 0. The molecule has 0 aliphatic carbocycles.